The smallest absolute Gasteiger partial charge is 0.328 e. The van der Waals surface area contributed by atoms with Crippen LogP contribution in [0.15, 0.2) is 30.3 Å². The van der Waals surface area contributed by atoms with Gasteiger partial charge in [-0.15, -0.1) is 0 Å². The summed E-state index contributed by atoms with van der Waals surface area (Å²) in [6.07, 6.45) is 3.46. The van der Waals surface area contributed by atoms with Gasteiger partial charge in [-0.25, -0.2) is 4.79 Å². The Bertz CT molecular complexity index is 417. The fourth-order valence-electron chi connectivity index (χ4n) is 2.06. The van der Waals surface area contributed by atoms with Gasteiger partial charge in [0.25, 0.3) is 0 Å². The molecular weight excluding hydrogens is 254 g/mol. The van der Waals surface area contributed by atoms with Gasteiger partial charge >= 0.3 is 5.97 Å². The zero-order valence-corrected chi connectivity index (χ0v) is 12.2. The number of hydrogen-bond acceptors (Lipinski definition) is 3. The van der Waals surface area contributed by atoms with Gasteiger partial charge in [0.1, 0.15) is 6.04 Å². The molecule has 110 valence electrons. The number of benzene rings is 1. The number of ether oxygens (including phenoxy) is 1. The molecule has 1 aromatic carbocycles. The van der Waals surface area contributed by atoms with Gasteiger partial charge in [0.05, 0.1) is 6.61 Å². The SMILES string of the molecule is CCOC(=O)C(CCCCc1ccccc1)NC(C)=O. The van der Waals surface area contributed by atoms with Crippen LogP contribution >= 0.6 is 0 Å². The summed E-state index contributed by atoms with van der Waals surface area (Å²) in [4.78, 5) is 22.8. The largest absolute Gasteiger partial charge is 0.464 e. The fraction of sp³-hybridized carbons (Fsp3) is 0.500. The van der Waals surface area contributed by atoms with Gasteiger partial charge in [-0.3, -0.25) is 4.79 Å². The first-order valence-corrected chi connectivity index (χ1v) is 7.11. The van der Waals surface area contributed by atoms with Crippen molar-refractivity contribution in [2.45, 2.75) is 45.6 Å². The molecule has 20 heavy (non-hydrogen) atoms. The molecule has 0 aromatic heterocycles. The number of esters is 1. The minimum absolute atomic E-state index is 0.203. The van der Waals surface area contributed by atoms with Gasteiger partial charge in [0.15, 0.2) is 0 Å². The molecule has 0 spiro atoms. The van der Waals surface area contributed by atoms with E-state index in [1.165, 1.54) is 12.5 Å². The number of carbonyl (C=O) groups is 2. The number of carbonyl (C=O) groups excluding carboxylic acids is 2. The Morgan fingerprint density at radius 3 is 2.50 bits per heavy atom. The van der Waals surface area contributed by atoms with Gasteiger partial charge in [-0.2, -0.15) is 0 Å². The Morgan fingerprint density at radius 1 is 1.20 bits per heavy atom. The third-order valence-corrected chi connectivity index (χ3v) is 3.00. The summed E-state index contributed by atoms with van der Waals surface area (Å²) in [6, 6.07) is 9.70. The van der Waals surface area contributed by atoms with Crippen molar-refractivity contribution in [3.05, 3.63) is 35.9 Å². The van der Waals surface area contributed by atoms with Crippen LogP contribution < -0.4 is 5.32 Å². The Hall–Kier alpha value is -1.84. The molecule has 1 amide bonds. The summed E-state index contributed by atoms with van der Waals surface area (Å²) in [6.45, 7) is 3.51. The number of rotatable bonds is 8. The summed E-state index contributed by atoms with van der Waals surface area (Å²) < 4.78 is 4.97. The van der Waals surface area contributed by atoms with Gasteiger partial charge in [-0.1, -0.05) is 36.8 Å². The van der Waals surface area contributed by atoms with Gasteiger partial charge in [0, 0.05) is 6.92 Å². The molecule has 0 aliphatic heterocycles. The molecule has 0 saturated heterocycles. The zero-order chi connectivity index (χ0) is 14.8. The van der Waals surface area contributed by atoms with E-state index in [9.17, 15) is 9.59 Å². The molecule has 1 N–H and O–H groups in total. The van der Waals surface area contributed by atoms with Crippen LogP contribution in [0.25, 0.3) is 0 Å². The summed E-state index contributed by atoms with van der Waals surface area (Å²) in [5.74, 6) is -0.548. The molecule has 0 aliphatic carbocycles. The monoisotopic (exact) mass is 277 g/mol. The van der Waals surface area contributed by atoms with E-state index in [0.29, 0.717) is 13.0 Å². The molecular formula is C16H23NO3. The highest BCUT2D eigenvalue weighted by Crippen LogP contribution is 2.09. The molecule has 0 radical (unpaired) electrons. The molecule has 0 saturated carbocycles. The quantitative estimate of drug-likeness (QED) is 0.586. The maximum absolute atomic E-state index is 11.7. The predicted octanol–water partition coefficient (Wildman–Crippen LogP) is 2.47. The minimum Gasteiger partial charge on any atom is -0.464 e. The molecule has 1 rings (SSSR count). The number of aryl methyl sites for hydroxylation is 1. The highest BCUT2D eigenvalue weighted by Gasteiger charge is 2.19. The standard InChI is InChI=1S/C16H23NO3/c1-3-20-16(19)15(17-13(2)18)12-8-7-11-14-9-5-4-6-10-14/h4-6,9-10,15H,3,7-8,11-12H2,1-2H3,(H,17,18). The lowest BCUT2D eigenvalue weighted by Crippen LogP contribution is -2.40. The number of amides is 1. The van der Waals surface area contributed by atoms with E-state index in [0.717, 1.165) is 19.3 Å². The first-order chi connectivity index (χ1) is 9.63. The van der Waals surface area contributed by atoms with Crippen molar-refractivity contribution < 1.29 is 14.3 Å². The number of unbranched alkanes of at least 4 members (excludes halogenated alkanes) is 1. The summed E-state index contributed by atoms with van der Waals surface area (Å²) >= 11 is 0. The molecule has 0 aliphatic rings. The van der Waals surface area contributed by atoms with Crippen molar-refractivity contribution in [1.82, 2.24) is 5.32 Å². The van der Waals surface area contributed by atoms with E-state index in [-0.39, 0.29) is 11.9 Å². The van der Waals surface area contributed by atoms with Crippen LogP contribution in [0.2, 0.25) is 0 Å². The number of hydrogen-bond donors (Lipinski definition) is 1. The molecule has 0 heterocycles. The molecule has 1 atom stereocenters. The first-order valence-electron chi connectivity index (χ1n) is 7.11. The van der Waals surface area contributed by atoms with Crippen LogP contribution in [0.3, 0.4) is 0 Å². The van der Waals surface area contributed by atoms with Crippen LogP contribution in [0.4, 0.5) is 0 Å². The molecule has 1 aromatic rings. The topological polar surface area (TPSA) is 55.4 Å². The van der Waals surface area contributed by atoms with Gasteiger partial charge in [0.2, 0.25) is 5.91 Å². The van der Waals surface area contributed by atoms with E-state index in [1.54, 1.807) is 6.92 Å². The van der Waals surface area contributed by atoms with Crippen molar-refractivity contribution in [3.8, 4) is 0 Å². The van der Waals surface area contributed by atoms with Crippen molar-refractivity contribution in [3.63, 3.8) is 0 Å². The molecule has 0 bridgehead atoms. The third kappa shape index (κ3) is 6.36. The molecule has 1 unspecified atom stereocenters. The lowest BCUT2D eigenvalue weighted by molar-refractivity contribution is -0.147. The van der Waals surface area contributed by atoms with Crippen LogP contribution in [0.5, 0.6) is 0 Å². The maximum atomic E-state index is 11.7. The second-order valence-corrected chi connectivity index (χ2v) is 4.74. The highest BCUT2D eigenvalue weighted by atomic mass is 16.5. The number of nitrogens with one attached hydrogen (secondary N) is 1. The van der Waals surface area contributed by atoms with Crippen molar-refractivity contribution in [1.29, 1.82) is 0 Å². The molecule has 4 nitrogen and oxygen atoms in total. The lowest BCUT2D eigenvalue weighted by Gasteiger charge is -2.16. The predicted molar refractivity (Wildman–Crippen MR) is 78.2 cm³/mol. The van der Waals surface area contributed by atoms with Crippen LogP contribution in [0.1, 0.15) is 38.7 Å². The van der Waals surface area contributed by atoms with Gasteiger partial charge < -0.3 is 10.1 Å². The van der Waals surface area contributed by atoms with Crippen LogP contribution in [-0.4, -0.2) is 24.5 Å². The summed E-state index contributed by atoms with van der Waals surface area (Å²) in [5.41, 5.74) is 1.29. The Balaban J connectivity index is 2.34. The van der Waals surface area contributed by atoms with E-state index >= 15 is 0 Å². The average molecular weight is 277 g/mol. The van der Waals surface area contributed by atoms with Gasteiger partial charge in [-0.05, 0) is 31.7 Å². The highest BCUT2D eigenvalue weighted by molar-refractivity contribution is 5.83. The van der Waals surface area contributed by atoms with Crippen molar-refractivity contribution in [2.24, 2.45) is 0 Å². The third-order valence-electron chi connectivity index (χ3n) is 3.00. The first kappa shape index (κ1) is 16.2. The Kier molecular flexibility index (Phi) is 7.40. The molecule has 4 heteroatoms. The normalized spacial score (nSPS) is 11.7. The van der Waals surface area contributed by atoms with E-state index in [1.807, 2.05) is 18.2 Å². The van der Waals surface area contributed by atoms with E-state index in [2.05, 4.69) is 17.4 Å². The fourth-order valence-corrected chi connectivity index (χ4v) is 2.06. The summed E-state index contributed by atoms with van der Waals surface area (Å²) in [7, 11) is 0. The second-order valence-electron chi connectivity index (χ2n) is 4.74. The van der Waals surface area contributed by atoms with Crippen molar-refractivity contribution >= 4 is 11.9 Å². The lowest BCUT2D eigenvalue weighted by atomic mass is 10.0. The maximum Gasteiger partial charge on any atom is 0.328 e. The van der Waals surface area contributed by atoms with E-state index < -0.39 is 6.04 Å². The molecule has 0 fully saturated rings. The Labute approximate surface area is 120 Å². The van der Waals surface area contributed by atoms with Crippen LogP contribution in [-0.2, 0) is 20.7 Å². The van der Waals surface area contributed by atoms with Crippen molar-refractivity contribution in [2.75, 3.05) is 6.61 Å². The zero-order valence-electron chi connectivity index (χ0n) is 12.2. The summed E-state index contributed by atoms with van der Waals surface area (Å²) in [5, 5.41) is 2.65. The van der Waals surface area contributed by atoms with E-state index in [4.69, 9.17) is 4.74 Å². The second kappa shape index (κ2) is 9.13. The van der Waals surface area contributed by atoms with Crippen LogP contribution in [0, 0.1) is 0 Å². The minimum atomic E-state index is -0.525. The average Bonchev–Trinajstić information content (AvgIpc) is 2.43. The Morgan fingerprint density at radius 2 is 1.90 bits per heavy atom.